The summed E-state index contributed by atoms with van der Waals surface area (Å²) in [6, 6.07) is 14.0. The van der Waals surface area contributed by atoms with Gasteiger partial charge in [-0.1, -0.05) is 23.7 Å². The highest BCUT2D eigenvalue weighted by atomic mass is 35.5. The first-order valence-electron chi connectivity index (χ1n) is 6.93. The van der Waals surface area contributed by atoms with Crippen molar-refractivity contribution in [3.8, 4) is 11.5 Å². The Kier molecular flexibility index (Phi) is 5.10. The Labute approximate surface area is 131 Å². The maximum atomic E-state index is 6.32. The molecule has 2 aromatic rings. The fourth-order valence-electron chi connectivity index (χ4n) is 2.04. The van der Waals surface area contributed by atoms with E-state index in [-0.39, 0.29) is 6.04 Å². The number of benzene rings is 2. The largest absolute Gasteiger partial charge is 0.457 e. The Balaban J connectivity index is 2.20. The van der Waals surface area contributed by atoms with Crippen molar-refractivity contribution in [2.45, 2.75) is 13.0 Å². The van der Waals surface area contributed by atoms with Gasteiger partial charge in [-0.05, 0) is 43.8 Å². The number of rotatable bonds is 5. The molecule has 0 spiro atoms. The van der Waals surface area contributed by atoms with E-state index in [4.69, 9.17) is 16.3 Å². The fourth-order valence-corrected chi connectivity index (χ4v) is 2.37. The fraction of sp³-hybridized carbons (Fsp3) is 0.294. The normalized spacial score (nSPS) is 12.0. The zero-order valence-electron chi connectivity index (χ0n) is 12.9. The van der Waals surface area contributed by atoms with Crippen molar-refractivity contribution >= 4 is 17.3 Å². The van der Waals surface area contributed by atoms with Gasteiger partial charge in [0.2, 0.25) is 0 Å². The maximum Gasteiger partial charge on any atom is 0.129 e. The second kappa shape index (κ2) is 6.83. The number of hydrogen-bond acceptors (Lipinski definition) is 3. The molecule has 2 rings (SSSR count). The van der Waals surface area contributed by atoms with E-state index >= 15 is 0 Å². The Morgan fingerprint density at radius 1 is 1.10 bits per heavy atom. The lowest BCUT2D eigenvalue weighted by Crippen LogP contribution is -2.12. The highest BCUT2D eigenvalue weighted by molar-refractivity contribution is 6.31. The third-order valence-corrected chi connectivity index (χ3v) is 3.77. The van der Waals surface area contributed by atoms with E-state index in [1.54, 1.807) is 0 Å². The van der Waals surface area contributed by atoms with Crippen LogP contribution in [0.1, 0.15) is 18.5 Å². The minimum absolute atomic E-state index is 0.212. The van der Waals surface area contributed by atoms with Crippen LogP contribution in [0.15, 0.2) is 42.5 Å². The molecule has 4 heteroatoms. The lowest BCUT2D eigenvalue weighted by molar-refractivity contribution is 0.482. The summed E-state index contributed by atoms with van der Waals surface area (Å²) in [6.07, 6.45) is 0. The van der Waals surface area contributed by atoms with Gasteiger partial charge in [0.15, 0.2) is 0 Å². The van der Waals surface area contributed by atoms with Gasteiger partial charge in [0.25, 0.3) is 0 Å². The Bertz CT molecular complexity index is 613. The summed E-state index contributed by atoms with van der Waals surface area (Å²) in [5.74, 6) is 1.54. The van der Waals surface area contributed by atoms with E-state index in [2.05, 4.69) is 12.2 Å². The Morgan fingerprint density at radius 3 is 2.43 bits per heavy atom. The predicted molar refractivity (Wildman–Crippen MR) is 89.8 cm³/mol. The Morgan fingerprint density at radius 2 is 1.81 bits per heavy atom. The second-order valence-electron chi connectivity index (χ2n) is 5.19. The molecular weight excluding hydrogens is 284 g/mol. The number of nitrogens with one attached hydrogen (secondary N) is 1. The molecule has 1 N–H and O–H groups in total. The lowest BCUT2D eigenvalue weighted by atomic mass is 10.1. The van der Waals surface area contributed by atoms with Crippen molar-refractivity contribution in [1.82, 2.24) is 5.32 Å². The molecule has 112 valence electrons. The summed E-state index contributed by atoms with van der Waals surface area (Å²) < 4.78 is 5.89. The first kappa shape index (κ1) is 15.7. The average molecular weight is 305 g/mol. The third kappa shape index (κ3) is 3.90. The molecule has 3 nitrogen and oxygen atoms in total. The van der Waals surface area contributed by atoms with E-state index < -0.39 is 0 Å². The molecule has 0 saturated carbocycles. The van der Waals surface area contributed by atoms with Gasteiger partial charge in [0, 0.05) is 36.9 Å². The SMILES string of the molecule is CNC(C)c1ccc(Oc2cccc(N(C)C)c2)cc1Cl. The molecular formula is C17H21ClN2O. The predicted octanol–water partition coefficient (Wildman–Crippen LogP) is 4.48. The van der Waals surface area contributed by atoms with Crippen LogP contribution in [0.5, 0.6) is 11.5 Å². The maximum absolute atomic E-state index is 6.32. The van der Waals surface area contributed by atoms with Crippen LogP contribution in [-0.4, -0.2) is 21.1 Å². The number of nitrogens with zero attached hydrogens (tertiary/aromatic N) is 1. The van der Waals surface area contributed by atoms with Crippen LogP contribution in [0, 0.1) is 0 Å². The van der Waals surface area contributed by atoms with Crippen LogP contribution in [0.25, 0.3) is 0 Å². The van der Waals surface area contributed by atoms with E-state index in [1.165, 1.54) is 0 Å². The molecule has 0 aliphatic carbocycles. The van der Waals surface area contributed by atoms with E-state index in [0.717, 1.165) is 22.7 Å². The third-order valence-electron chi connectivity index (χ3n) is 3.44. The van der Waals surface area contributed by atoms with Gasteiger partial charge < -0.3 is 15.0 Å². The van der Waals surface area contributed by atoms with E-state index in [9.17, 15) is 0 Å². The minimum atomic E-state index is 0.212. The zero-order valence-corrected chi connectivity index (χ0v) is 13.6. The molecule has 0 aliphatic heterocycles. The first-order valence-corrected chi connectivity index (χ1v) is 7.31. The number of halogens is 1. The van der Waals surface area contributed by atoms with Crippen molar-refractivity contribution in [1.29, 1.82) is 0 Å². The van der Waals surface area contributed by atoms with Crippen molar-refractivity contribution < 1.29 is 4.74 Å². The highest BCUT2D eigenvalue weighted by Crippen LogP contribution is 2.30. The van der Waals surface area contributed by atoms with Crippen LogP contribution in [0.3, 0.4) is 0 Å². The molecule has 0 fully saturated rings. The van der Waals surface area contributed by atoms with Crippen molar-refractivity contribution in [2.75, 3.05) is 26.0 Å². The van der Waals surface area contributed by atoms with Gasteiger partial charge in [-0.25, -0.2) is 0 Å². The van der Waals surface area contributed by atoms with Gasteiger partial charge in [0.1, 0.15) is 11.5 Å². The van der Waals surface area contributed by atoms with Crippen molar-refractivity contribution in [2.24, 2.45) is 0 Å². The summed E-state index contributed by atoms with van der Waals surface area (Å²) in [4.78, 5) is 2.04. The second-order valence-corrected chi connectivity index (χ2v) is 5.59. The van der Waals surface area contributed by atoms with Crippen molar-refractivity contribution in [3.63, 3.8) is 0 Å². The van der Waals surface area contributed by atoms with Crippen LogP contribution in [0.4, 0.5) is 5.69 Å². The van der Waals surface area contributed by atoms with E-state index in [1.807, 2.05) is 68.5 Å². The summed E-state index contributed by atoms with van der Waals surface area (Å²) in [6.45, 7) is 2.07. The summed E-state index contributed by atoms with van der Waals surface area (Å²) in [7, 11) is 5.92. The van der Waals surface area contributed by atoms with Gasteiger partial charge in [-0.15, -0.1) is 0 Å². The monoisotopic (exact) mass is 304 g/mol. The zero-order chi connectivity index (χ0) is 15.4. The van der Waals surface area contributed by atoms with Crippen LogP contribution >= 0.6 is 11.6 Å². The van der Waals surface area contributed by atoms with Gasteiger partial charge in [-0.3, -0.25) is 0 Å². The molecule has 1 atom stereocenters. The highest BCUT2D eigenvalue weighted by Gasteiger charge is 2.09. The van der Waals surface area contributed by atoms with Crippen LogP contribution in [0.2, 0.25) is 5.02 Å². The quantitative estimate of drug-likeness (QED) is 0.881. The topological polar surface area (TPSA) is 24.5 Å². The van der Waals surface area contributed by atoms with Crippen molar-refractivity contribution in [3.05, 3.63) is 53.1 Å². The number of anilines is 1. The van der Waals surface area contributed by atoms with Gasteiger partial charge in [-0.2, -0.15) is 0 Å². The molecule has 0 saturated heterocycles. The average Bonchev–Trinajstić information content (AvgIpc) is 2.47. The molecule has 0 amide bonds. The Hall–Kier alpha value is -1.71. The molecule has 0 radical (unpaired) electrons. The lowest BCUT2D eigenvalue weighted by Gasteiger charge is -2.15. The molecule has 2 aromatic carbocycles. The minimum Gasteiger partial charge on any atom is -0.457 e. The molecule has 1 unspecified atom stereocenters. The molecule has 0 heterocycles. The van der Waals surface area contributed by atoms with Gasteiger partial charge >= 0.3 is 0 Å². The van der Waals surface area contributed by atoms with Crippen LogP contribution < -0.4 is 15.0 Å². The first-order chi connectivity index (χ1) is 10.0. The van der Waals surface area contributed by atoms with Gasteiger partial charge in [0.05, 0.1) is 0 Å². The molecule has 21 heavy (non-hydrogen) atoms. The summed E-state index contributed by atoms with van der Waals surface area (Å²) in [5, 5.41) is 3.89. The standard InChI is InChI=1S/C17H21ClN2O/c1-12(19-2)16-9-8-15(11-17(16)18)21-14-7-5-6-13(10-14)20(3)4/h5-12,19H,1-4H3. The smallest absolute Gasteiger partial charge is 0.129 e. The van der Waals surface area contributed by atoms with E-state index in [0.29, 0.717) is 5.02 Å². The number of ether oxygens (including phenoxy) is 1. The summed E-state index contributed by atoms with van der Waals surface area (Å²) >= 11 is 6.32. The summed E-state index contributed by atoms with van der Waals surface area (Å²) in [5.41, 5.74) is 2.16. The molecule has 0 aromatic heterocycles. The van der Waals surface area contributed by atoms with Crippen LogP contribution in [-0.2, 0) is 0 Å². The number of hydrogen-bond donors (Lipinski definition) is 1. The molecule has 0 bridgehead atoms. The molecule has 0 aliphatic rings.